The largest absolute Gasteiger partial charge is 0.385 e. The van der Waals surface area contributed by atoms with Crippen LogP contribution in [0.15, 0.2) is 6.20 Å². The van der Waals surface area contributed by atoms with E-state index in [1.165, 1.54) is 0 Å². The molecule has 0 aliphatic rings. The van der Waals surface area contributed by atoms with E-state index in [4.69, 9.17) is 11.6 Å². The SMILES string of the molecule is CCN(CC)C(C)(CC)C(O)c1c(Cl)cnn1CC. The molecule has 0 saturated carbocycles. The molecule has 19 heavy (non-hydrogen) atoms. The number of hydrogen-bond acceptors (Lipinski definition) is 3. The molecule has 1 aromatic heterocycles. The normalized spacial score (nSPS) is 16.6. The highest BCUT2D eigenvalue weighted by Crippen LogP contribution is 2.37. The summed E-state index contributed by atoms with van der Waals surface area (Å²) in [4.78, 5) is 2.28. The number of hydrogen-bond donors (Lipinski definition) is 1. The molecule has 0 aliphatic carbocycles. The van der Waals surface area contributed by atoms with E-state index in [2.05, 4.69) is 37.7 Å². The summed E-state index contributed by atoms with van der Waals surface area (Å²) in [5.41, 5.74) is 0.389. The molecular formula is C14H26ClN3O. The van der Waals surface area contributed by atoms with Crippen LogP contribution in [0.25, 0.3) is 0 Å². The van der Waals surface area contributed by atoms with Gasteiger partial charge in [0, 0.05) is 12.1 Å². The predicted octanol–water partition coefficient (Wildman–Crippen LogP) is 3.10. The lowest BCUT2D eigenvalue weighted by Crippen LogP contribution is -2.50. The summed E-state index contributed by atoms with van der Waals surface area (Å²) in [6, 6.07) is 0. The van der Waals surface area contributed by atoms with E-state index in [1.54, 1.807) is 10.9 Å². The fourth-order valence-corrected chi connectivity index (χ4v) is 2.97. The molecule has 4 nitrogen and oxygen atoms in total. The quantitative estimate of drug-likeness (QED) is 0.838. The van der Waals surface area contributed by atoms with E-state index in [-0.39, 0.29) is 5.54 Å². The van der Waals surface area contributed by atoms with Crippen LogP contribution in [-0.2, 0) is 6.54 Å². The van der Waals surface area contributed by atoms with E-state index in [0.717, 1.165) is 25.2 Å². The smallest absolute Gasteiger partial charge is 0.115 e. The first kappa shape index (κ1) is 16.5. The Morgan fingerprint density at radius 2 is 1.95 bits per heavy atom. The number of halogens is 1. The van der Waals surface area contributed by atoms with Gasteiger partial charge in [-0.15, -0.1) is 0 Å². The van der Waals surface area contributed by atoms with Gasteiger partial charge in [0.2, 0.25) is 0 Å². The van der Waals surface area contributed by atoms with Crippen LogP contribution in [0, 0.1) is 0 Å². The fourth-order valence-electron chi connectivity index (χ4n) is 2.73. The zero-order valence-corrected chi connectivity index (χ0v) is 13.4. The molecule has 0 aliphatic heterocycles. The van der Waals surface area contributed by atoms with Crippen molar-refractivity contribution in [3.63, 3.8) is 0 Å². The first-order valence-electron chi connectivity index (χ1n) is 7.10. The second kappa shape index (κ2) is 6.73. The van der Waals surface area contributed by atoms with Crippen LogP contribution in [-0.4, -0.2) is 38.4 Å². The number of nitrogens with zero attached hydrogens (tertiary/aromatic N) is 3. The first-order chi connectivity index (χ1) is 8.96. The van der Waals surface area contributed by atoms with Crippen molar-refractivity contribution in [1.82, 2.24) is 14.7 Å². The molecule has 1 rings (SSSR count). The lowest BCUT2D eigenvalue weighted by Gasteiger charge is -2.43. The zero-order chi connectivity index (χ0) is 14.6. The van der Waals surface area contributed by atoms with Gasteiger partial charge in [-0.1, -0.05) is 32.4 Å². The van der Waals surface area contributed by atoms with Crippen LogP contribution in [0.1, 0.15) is 52.8 Å². The highest BCUT2D eigenvalue weighted by atomic mass is 35.5. The van der Waals surface area contributed by atoms with E-state index in [0.29, 0.717) is 11.6 Å². The molecule has 0 aromatic carbocycles. The van der Waals surface area contributed by atoms with Crippen molar-refractivity contribution in [2.75, 3.05) is 13.1 Å². The Hall–Kier alpha value is -0.580. The van der Waals surface area contributed by atoms with E-state index < -0.39 is 6.10 Å². The molecule has 1 heterocycles. The van der Waals surface area contributed by atoms with Crippen molar-refractivity contribution in [2.45, 2.75) is 59.2 Å². The molecule has 2 atom stereocenters. The highest BCUT2D eigenvalue weighted by Gasteiger charge is 2.39. The summed E-state index contributed by atoms with van der Waals surface area (Å²) in [6.07, 6.45) is 1.82. The molecule has 1 aromatic rings. The van der Waals surface area contributed by atoms with Crippen LogP contribution in [0.3, 0.4) is 0 Å². The van der Waals surface area contributed by atoms with Crippen LogP contribution in [0.4, 0.5) is 0 Å². The monoisotopic (exact) mass is 287 g/mol. The minimum Gasteiger partial charge on any atom is -0.385 e. The summed E-state index contributed by atoms with van der Waals surface area (Å²) < 4.78 is 1.78. The van der Waals surface area contributed by atoms with Gasteiger partial charge in [-0.05, 0) is 33.4 Å². The van der Waals surface area contributed by atoms with Gasteiger partial charge in [-0.25, -0.2) is 0 Å². The number of likely N-dealkylation sites (N-methyl/N-ethyl adjacent to an activating group) is 1. The second-order valence-electron chi connectivity index (χ2n) is 4.98. The maximum absolute atomic E-state index is 10.9. The fraction of sp³-hybridized carbons (Fsp3) is 0.786. The van der Waals surface area contributed by atoms with Gasteiger partial charge in [0.15, 0.2) is 0 Å². The maximum Gasteiger partial charge on any atom is 0.115 e. The molecule has 0 bridgehead atoms. The summed E-state index contributed by atoms with van der Waals surface area (Å²) in [6.45, 7) is 12.9. The van der Waals surface area contributed by atoms with Crippen molar-refractivity contribution in [3.8, 4) is 0 Å². The summed E-state index contributed by atoms with van der Waals surface area (Å²) in [5, 5.41) is 15.6. The van der Waals surface area contributed by atoms with Gasteiger partial charge in [-0.2, -0.15) is 5.10 Å². The van der Waals surface area contributed by atoms with Crippen LogP contribution in [0.2, 0.25) is 5.02 Å². The van der Waals surface area contributed by atoms with E-state index in [1.807, 2.05) is 6.92 Å². The van der Waals surface area contributed by atoms with Crippen molar-refractivity contribution < 1.29 is 5.11 Å². The number of aromatic nitrogens is 2. The minimum absolute atomic E-state index is 0.333. The van der Waals surface area contributed by atoms with Crippen LogP contribution >= 0.6 is 11.6 Å². The average Bonchev–Trinajstić information content (AvgIpc) is 2.79. The Morgan fingerprint density at radius 1 is 1.37 bits per heavy atom. The molecule has 110 valence electrons. The molecule has 0 amide bonds. The Bertz CT molecular complexity index is 403. The third-order valence-corrected chi connectivity index (χ3v) is 4.47. The zero-order valence-electron chi connectivity index (χ0n) is 12.6. The molecule has 0 fully saturated rings. The summed E-state index contributed by atoms with van der Waals surface area (Å²) in [7, 11) is 0. The first-order valence-corrected chi connectivity index (χ1v) is 7.48. The van der Waals surface area contributed by atoms with Crippen molar-refractivity contribution in [1.29, 1.82) is 0 Å². The van der Waals surface area contributed by atoms with E-state index in [9.17, 15) is 5.11 Å². The Morgan fingerprint density at radius 3 is 2.37 bits per heavy atom. The molecular weight excluding hydrogens is 262 g/mol. The van der Waals surface area contributed by atoms with Gasteiger partial charge in [-0.3, -0.25) is 9.58 Å². The van der Waals surface area contributed by atoms with Gasteiger partial charge < -0.3 is 5.11 Å². The van der Waals surface area contributed by atoms with Crippen molar-refractivity contribution in [2.24, 2.45) is 0 Å². The standard InChI is InChI=1S/C14H26ClN3O/c1-6-14(5,17(7-2)8-3)13(19)12-11(15)10-16-18(12)9-4/h10,13,19H,6-9H2,1-5H3. The van der Waals surface area contributed by atoms with Crippen molar-refractivity contribution >= 4 is 11.6 Å². The Balaban J connectivity index is 3.20. The number of rotatable bonds is 7. The number of aliphatic hydroxyl groups is 1. The lowest BCUT2D eigenvalue weighted by atomic mass is 9.87. The predicted molar refractivity (Wildman–Crippen MR) is 79.5 cm³/mol. The minimum atomic E-state index is -0.646. The van der Waals surface area contributed by atoms with Gasteiger partial charge in [0.05, 0.1) is 16.9 Å². The molecule has 5 heteroatoms. The Kier molecular flexibility index (Phi) is 5.83. The second-order valence-corrected chi connectivity index (χ2v) is 5.39. The van der Waals surface area contributed by atoms with E-state index >= 15 is 0 Å². The summed E-state index contributed by atoms with van der Waals surface area (Å²) in [5.74, 6) is 0. The Labute approximate surface area is 121 Å². The maximum atomic E-state index is 10.9. The highest BCUT2D eigenvalue weighted by molar-refractivity contribution is 6.31. The van der Waals surface area contributed by atoms with Gasteiger partial charge in [0.1, 0.15) is 6.10 Å². The summed E-state index contributed by atoms with van der Waals surface area (Å²) >= 11 is 6.21. The van der Waals surface area contributed by atoms with Crippen LogP contribution in [0.5, 0.6) is 0 Å². The third-order valence-electron chi connectivity index (χ3n) is 4.18. The molecule has 0 saturated heterocycles. The van der Waals surface area contributed by atoms with Gasteiger partial charge in [0.25, 0.3) is 0 Å². The van der Waals surface area contributed by atoms with Crippen molar-refractivity contribution in [3.05, 3.63) is 16.9 Å². The molecule has 1 N–H and O–H groups in total. The lowest BCUT2D eigenvalue weighted by molar-refractivity contribution is -0.0257. The molecule has 2 unspecified atom stereocenters. The van der Waals surface area contributed by atoms with Gasteiger partial charge >= 0.3 is 0 Å². The number of aryl methyl sites for hydroxylation is 1. The third kappa shape index (κ3) is 2.96. The topological polar surface area (TPSA) is 41.3 Å². The molecule has 0 radical (unpaired) electrons. The molecule has 0 spiro atoms. The average molecular weight is 288 g/mol. The van der Waals surface area contributed by atoms with Crippen LogP contribution < -0.4 is 0 Å². The number of aliphatic hydroxyl groups excluding tert-OH is 1.